The number of piperidine rings is 1. The van der Waals surface area contributed by atoms with Crippen LogP contribution in [0.2, 0.25) is 0 Å². The van der Waals surface area contributed by atoms with E-state index in [9.17, 15) is 13.5 Å². The summed E-state index contributed by atoms with van der Waals surface area (Å²) in [6.45, 7) is 2.27. The third kappa shape index (κ3) is 3.23. The number of aliphatic hydroxyl groups excluding tert-OH is 1. The van der Waals surface area contributed by atoms with Crippen LogP contribution >= 0.6 is 0 Å². The fourth-order valence-electron chi connectivity index (χ4n) is 2.85. The lowest BCUT2D eigenvalue weighted by Gasteiger charge is -2.43. The lowest BCUT2D eigenvalue weighted by atomic mass is 9.77. The van der Waals surface area contributed by atoms with Crippen molar-refractivity contribution in [1.82, 2.24) is 9.62 Å². The van der Waals surface area contributed by atoms with E-state index in [1.54, 1.807) is 4.31 Å². The number of nitrogens with one attached hydrogen (secondary N) is 1. The Bertz CT molecular complexity index is 373. The van der Waals surface area contributed by atoms with Gasteiger partial charge in [0.25, 0.3) is 0 Å². The Morgan fingerprint density at radius 2 is 2.11 bits per heavy atom. The minimum Gasteiger partial charge on any atom is -0.394 e. The van der Waals surface area contributed by atoms with E-state index in [-0.39, 0.29) is 12.1 Å². The van der Waals surface area contributed by atoms with Gasteiger partial charge in [-0.1, -0.05) is 0 Å². The Hall–Kier alpha value is -0.170. The van der Waals surface area contributed by atoms with E-state index in [0.29, 0.717) is 19.0 Å². The van der Waals surface area contributed by atoms with Gasteiger partial charge >= 0.3 is 0 Å². The molecule has 5 nitrogen and oxygen atoms in total. The number of hydrogen-bond acceptors (Lipinski definition) is 4. The predicted octanol–water partition coefficient (Wildman–Crippen LogP) is 0.163. The monoisotopic (exact) mass is 276 g/mol. The fourth-order valence-corrected chi connectivity index (χ4v) is 3.79. The fraction of sp³-hybridized carbons (Fsp3) is 1.00. The third-order valence-corrected chi connectivity index (χ3v) is 5.60. The Balaban J connectivity index is 1.83. The highest BCUT2D eigenvalue weighted by Gasteiger charge is 2.36. The van der Waals surface area contributed by atoms with E-state index in [0.717, 1.165) is 32.2 Å². The van der Waals surface area contributed by atoms with Gasteiger partial charge in [0.15, 0.2) is 0 Å². The molecule has 2 fully saturated rings. The lowest BCUT2D eigenvalue weighted by Crippen LogP contribution is -2.56. The van der Waals surface area contributed by atoms with Crippen LogP contribution in [0.15, 0.2) is 0 Å². The summed E-state index contributed by atoms with van der Waals surface area (Å²) < 4.78 is 24.6. The SMILES string of the molecule is CS(=O)(=O)N1CCCC(CNC2(CO)CCC2)C1. The summed E-state index contributed by atoms with van der Waals surface area (Å²) in [5, 5.41) is 12.8. The van der Waals surface area contributed by atoms with Crippen LogP contribution in [0.25, 0.3) is 0 Å². The maximum atomic E-state index is 11.5. The zero-order valence-electron chi connectivity index (χ0n) is 11.1. The van der Waals surface area contributed by atoms with Crippen molar-refractivity contribution in [1.29, 1.82) is 0 Å². The number of hydrogen-bond donors (Lipinski definition) is 2. The summed E-state index contributed by atoms with van der Waals surface area (Å²) in [5.74, 6) is 0.373. The highest BCUT2D eigenvalue weighted by Crippen LogP contribution is 2.31. The molecular formula is C12H24N2O3S. The molecule has 2 aliphatic rings. The Labute approximate surface area is 110 Å². The summed E-state index contributed by atoms with van der Waals surface area (Å²) in [6.07, 6.45) is 6.53. The van der Waals surface area contributed by atoms with Gasteiger partial charge < -0.3 is 10.4 Å². The first-order valence-corrected chi connectivity index (χ1v) is 8.61. The highest BCUT2D eigenvalue weighted by atomic mass is 32.2. The van der Waals surface area contributed by atoms with Crippen LogP contribution in [0, 0.1) is 5.92 Å². The van der Waals surface area contributed by atoms with Crippen molar-refractivity contribution in [2.75, 3.05) is 32.5 Å². The minimum absolute atomic E-state index is 0.0760. The quantitative estimate of drug-likeness (QED) is 0.750. The van der Waals surface area contributed by atoms with E-state index < -0.39 is 10.0 Å². The Morgan fingerprint density at radius 1 is 1.39 bits per heavy atom. The molecule has 0 aromatic heterocycles. The molecular weight excluding hydrogens is 252 g/mol. The van der Waals surface area contributed by atoms with Gasteiger partial charge in [0.2, 0.25) is 10.0 Å². The zero-order valence-corrected chi connectivity index (χ0v) is 11.9. The summed E-state index contributed by atoms with van der Waals surface area (Å²) >= 11 is 0. The van der Waals surface area contributed by atoms with Crippen molar-refractivity contribution >= 4 is 10.0 Å². The molecule has 0 spiro atoms. The van der Waals surface area contributed by atoms with Crippen LogP contribution in [0.1, 0.15) is 32.1 Å². The summed E-state index contributed by atoms with van der Waals surface area (Å²) in [7, 11) is -3.05. The third-order valence-electron chi connectivity index (χ3n) is 4.33. The van der Waals surface area contributed by atoms with Crippen LogP contribution in [0.5, 0.6) is 0 Å². The largest absolute Gasteiger partial charge is 0.394 e. The van der Waals surface area contributed by atoms with Crippen LogP contribution in [-0.4, -0.2) is 55.9 Å². The first kappa shape index (κ1) is 14.2. The molecule has 1 heterocycles. The first-order valence-electron chi connectivity index (χ1n) is 6.76. The second kappa shape index (κ2) is 5.45. The molecule has 2 rings (SSSR count). The average Bonchev–Trinajstić information content (AvgIpc) is 2.27. The maximum Gasteiger partial charge on any atom is 0.211 e. The van der Waals surface area contributed by atoms with Crippen LogP contribution in [0.3, 0.4) is 0 Å². The summed E-state index contributed by atoms with van der Waals surface area (Å²) in [4.78, 5) is 0. The number of rotatable bonds is 5. The molecule has 18 heavy (non-hydrogen) atoms. The standard InChI is InChI=1S/C12H24N2O3S/c1-18(16,17)14-7-2-4-11(9-14)8-13-12(10-15)5-3-6-12/h11,13,15H,2-10H2,1H3. The Morgan fingerprint density at radius 3 is 2.61 bits per heavy atom. The van der Waals surface area contributed by atoms with Crippen LogP contribution in [0.4, 0.5) is 0 Å². The van der Waals surface area contributed by atoms with Crippen molar-refractivity contribution in [3.63, 3.8) is 0 Å². The van der Waals surface area contributed by atoms with E-state index >= 15 is 0 Å². The molecule has 6 heteroatoms. The van der Waals surface area contributed by atoms with Crippen molar-refractivity contribution < 1.29 is 13.5 Å². The van der Waals surface area contributed by atoms with Crippen molar-refractivity contribution in [3.8, 4) is 0 Å². The molecule has 1 aliphatic heterocycles. The Kier molecular flexibility index (Phi) is 4.31. The molecule has 0 bridgehead atoms. The second-order valence-electron chi connectivity index (χ2n) is 5.80. The van der Waals surface area contributed by atoms with Crippen LogP contribution < -0.4 is 5.32 Å². The molecule has 1 saturated heterocycles. The number of nitrogens with zero attached hydrogens (tertiary/aromatic N) is 1. The van der Waals surface area contributed by atoms with Gasteiger partial charge in [-0.3, -0.25) is 0 Å². The van der Waals surface area contributed by atoms with Gasteiger partial charge in [-0.15, -0.1) is 0 Å². The van der Waals surface area contributed by atoms with Gasteiger partial charge in [-0.05, 0) is 44.6 Å². The van der Waals surface area contributed by atoms with Gasteiger partial charge in [-0.2, -0.15) is 0 Å². The summed E-state index contributed by atoms with van der Waals surface area (Å²) in [6, 6.07) is 0. The molecule has 1 atom stereocenters. The summed E-state index contributed by atoms with van der Waals surface area (Å²) in [5.41, 5.74) is -0.0760. The molecule has 0 aromatic rings. The highest BCUT2D eigenvalue weighted by molar-refractivity contribution is 7.88. The molecule has 1 unspecified atom stereocenters. The molecule has 2 N–H and O–H groups in total. The van der Waals surface area contributed by atoms with E-state index in [1.165, 1.54) is 12.7 Å². The second-order valence-corrected chi connectivity index (χ2v) is 7.78. The van der Waals surface area contributed by atoms with Crippen molar-refractivity contribution in [2.24, 2.45) is 5.92 Å². The molecule has 1 saturated carbocycles. The van der Waals surface area contributed by atoms with Crippen molar-refractivity contribution in [2.45, 2.75) is 37.6 Å². The number of sulfonamides is 1. The number of aliphatic hydroxyl groups is 1. The van der Waals surface area contributed by atoms with E-state index in [1.807, 2.05) is 0 Å². The minimum atomic E-state index is -3.05. The topological polar surface area (TPSA) is 69.6 Å². The smallest absolute Gasteiger partial charge is 0.211 e. The lowest BCUT2D eigenvalue weighted by molar-refractivity contribution is 0.0806. The van der Waals surface area contributed by atoms with E-state index in [2.05, 4.69) is 5.32 Å². The molecule has 1 aliphatic carbocycles. The maximum absolute atomic E-state index is 11.5. The molecule has 0 radical (unpaired) electrons. The van der Waals surface area contributed by atoms with E-state index in [4.69, 9.17) is 0 Å². The first-order chi connectivity index (χ1) is 8.45. The zero-order chi connectivity index (χ0) is 13.2. The average molecular weight is 276 g/mol. The van der Waals surface area contributed by atoms with Gasteiger partial charge in [0, 0.05) is 18.6 Å². The van der Waals surface area contributed by atoms with Crippen molar-refractivity contribution in [3.05, 3.63) is 0 Å². The van der Waals surface area contributed by atoms with Gasteiger partial charge in [0.1, 0.15) is 0 Å². The predicted molar refractivity (Wildman–Crippen MR) is 70.8 cm³/mol. The van der Waals surface area contributed by atoms with Gasteiger partial charge in [-0.25, -0.2) is 12.7 Å². The molecule has 0 amide bonds. The normalized spacial score (nSPS) is 28.9. The van der Waals surface area contributed by atoms with Gasteiger partial charge in [0.05, 0.1) is 12.9 Å². The molecule has 0 aromatic carbocycles. The van der Waals surface area contributed by atoms with Crippen LogP contribution in [-0.2, 0) is 10.0 Å². The molecule has 106 valence electrons.